The highest BCUT2D eigenvalue weighted by Crippen LogP contribution is 2.23. The van der Waals surface area contributed by atoms with E-state index in [2.05, 4.69) is 0 Å². The van der Waals surface area contributed by atoms with Crippen molar-refractivity contribution in [1.29, 1.82) is 0 Å². The van der Waals surface area contributed by atoms with Crippen molar-refractivity contribution in [2.24, 2.45) is 0 Å². The second kappa shape index (κ2) is 6.28. The number of ether oxygens (including phenoxy) is 1. The van der Waals surface area contributed by atoms with Crippen LogP contribution in [0.3, 0.4) is 0 Å². The Morgan fingerprint density at radius 1 is 1.24 bits per heavy atom. The first-order valence-corrected chi connectivity index (χ1v) is 8.21. The lowest BCUT2D eigenvalue weighted by Crippen LogP contribution is -2.21. The maximum atomic E-state index is 13.7. The van der Waals surface area contributed by atoms with Crippen LogP contribution in [0.25, 0.3) is 0 Å². The highest BCUT2D eigenvalue weighted by molar-refractivity contribution is 8.13. The Kier molecular flexibility index (Phi) is 4.64. The molecule has 8 heteroatoms. The highest BCUT2D eigenvalue weighted by Gasteiger charge is 2.13. The third-order valence-electron chi connectivity index (χ3n) is 2.67. The number of benzene rings is 1. The minimum atomic E-state index is -3.98. The standard InChI is InChI=1S/C13H11ClFNO4S/c14-21(18,19)10-4-5-12(11(15)9-10)20-8-7-16-6-2-1-3-13(16)17/h1-6,9H,7-8H2. The van der Waals surface area contributed by atoms with Crippen molar-refractivity contribution in [2.75, 3.05) is 6.61 Å². The first-order valence-electron chi connectivity index (χ1n) is 5.90. The predicted octanol–water partition coefficient (Wildman–Crippen LogP) is 1.99. The van der Waals surface area contributed by atoms with Crippen LogP contribution >= 0.6 is 10.7 Å². The molecule has 0 spiro atoms. The zero-order chi connectivity index (χ0) is 15.5. The minimum absolute atomic E-state index is 0.0633. The van der Waals surface area contributed by atoms with E-state index >= 15 is 0 Å². The smallest absolute Gasteiger partial charge is 0.261 e. The average Bonchev–Trinajstić information content (AvgIpc) is 2.41. The molecular formula is C13H11ClFNO4S. The first-order chi connectivity index (χ1) is 9.88. The van der Waals surface area contributed by atoms with Gasteiger partial charge in [0.25, 0.3) is 14.6 Å². The molecular weight excluding hydrogens is 321 g/mol. The summed E-state index contributed by atoms with van der Waals surface area (Å²) in [6.45, 7) is 0.308. The van der Waals surface area contributed by atoms with E-state index in [-0.39, 0.29) is 29.4 Å². The fourth-order valence-electron chi connectivity index (χ4n) is 1.65. The topological polar surface area (TPSA) is 65.4 Å². The molecule has 0 aliphatic rings. The molecule has 0 aliphatic heterocycles. The van der Waals surface area contributed by atoms with Gasteiger partial charge in [0.1, 0.15) is 6.61 Å². The van der Waals surface area contributed by atoms with Gasteiger partial charge in [0.15, 0.2) is 11.6 Å². The number of pyridine rings is 1. The van der Waals surface area contributed by atoms with Gasteiger partial charge in [0.2, 0.25) is 0 Å². The number of aromatic nitrogens is 1. The van der Waals surface area contributed by atoms with E-state index in [0.29, 0.717) is 0 Å². The number of halogens is 2. The quantitative estimate of drug-likeness (QED) is 0.786. The average molecular weight is 332 g/mol. The van der Waals surface area contributed by atoms with Crippen LogP contribution in [0.15, 0.2) is 52.3 Å². The molecule has 0 N–H and O–H groups in total. The van der Waals surface area contributed by atoms with Gasteiger partial charge in [-0.05, 0) is 24.3 Å². The van der Waals surface area contributed by atoms with Gasteiger partial charge in [-0.1, -0.05) is 6.07 Å². The molecule has 0 saturated heterocycles. The minimum Gasteiger partial charge on any atom is -0.489 e. The van der Waals surface area contributed by atoms with Crippen molar-refractivity contribution < 1.29 is 17.5 Å². The molecule has 0 amide bonds. The number of nitrogens with zero attached hydrogens (tertiary/aromatic N) is 1. The SMILES string of the molecule is O=c1ccccn1CCOc1ccc(S(=O)(=O)Cl)cc1F. The van der Waals surface area contributed by atoms with Crippen LogP contribution in [0.4, 0.5) is 4.39 Å². The Morgan fingerprint density at radius 2 is 2.00 bits per heavy atom. The van der Waals surface area contributed by atoms with E-state index in [4.69, 9.17) is 15.4 Å². The summed E-state index contributed by atoms with van der Waals surface area (Å²) in [6.07, 6.45) is 1.59. The summed E-state index contributed by atoms with van der Waals surface area (Å²) in [4.78, 5) is 11.1. The van der Waals surface area contributed by atoms with Gasteiger partial charge in [-0.25, -0.2) is 12.8 Å². The summed E-state index contributed by atoms with van der Waals surface area (Å²) in [5.74, 6) is -0.944. The highest BCUT2D eigenvalue weighted by atomic mass is 35.7. The van der Waals surface area contributed by atoms with E-state index < -0.39 is 14.9 Å². The molecule has 0 saturated carbocycles. The molecule has 21 heavy (non-hydrogen) atoms. The summed E-state index contributed by atoms with van der Waals surface area (Å²) in [5.41, 5.74) is -0.190. The normalized spacial score (nSPS) is 11.3. The summed E-state index contributed by atoms with van der Waals surface area (Å²) in [5, 5.41) is 0. The van der Waals surface area contributed by atoms with Crippen LogP contribution in [0.5, 0.6) is 5.75 Å². The Balaban J connectivity index is 2.05. The van der Waals surface area contributed by atoms with Gasteiger partial charge in [0.05, 0.1) is 11.4 Å². The molecule has 1 aromatic heterocycles. The maximum absolute atomic E-state index is 13.7. The van der Waals surface area contributed by atoms with E-state index in [1.54, 1.807) is 18.3 Å². The Labute approximate surface area is 125 Å². The van der Waals surface area contributed by atoms with E-state index in [1.165, 1.54) is 16.7 Å². The van der Waals surface area contributed by atoms with Crippen LogP contribution in [-0.2, 0) is 15.6 Å². The molecule has 0 radical (unpaired) electrons. The lowest BCUT2D eigenvalue weighted by molar-refractivity contribution is 0.282. The largest absolute Gasteiger partial charge is 0.489 e. The summed E-state index contributed by atoms with van der Waals surface area (Å²) in [7, 11) is 1.13. The number of hydrogen-bond acceptors (Lipinski definition) is 4. The molecule has 2 rings (SSSR count). The summed E-state index contributed by atoms with van der Waals surface area (Å²) in [6, 6.07) is 7.83. The molecule has 0 aliphatic carbocycles. The molecule has 2 aromatic rings. The van der Waals surface area contributed by atoms with Crippen molar-refractivity contribution in [3.8, 4) is 5.75 Å². The number of rotatable bonds is 5. The molecule has 0 atom stereocenters. The first kappa shape index (κ1) is 15.5. The Bertz CT molecular complexity index is 804. The van der Waals surface area contributed by atoms with E-state index in [1.807, 2.05) is 0 Å². The van der Waals surface area contributed by atoms with Crippen molar-refractivity contribution >= 4 is 19.7 Å². The van der Waals surface area contributed by atoms with Crippen molar-refractivity contribution in [2.45, 2.75) is 11.4 Å². The van der Waals surface area contributed by atoms with Crippen LogP contribution in [0.2, 0.25) is 0 Å². The fourth-order valence-corrected chi connectivity index (χ4v) is 2.41. The van der Waals surface area contributed by atoms with Gasteiger partial charge in [-0.15, -0.1) is 0 Å². The summed E-state index contributed by atoms with van der Waals surface area (Å²) >= 11 is 0. The second-order valence-corrected chi connectivity index (χ2v) is 6.68. The van der Waals surface area contributed by atoms with Crippen molar-refractivity contribution in [1.82, 2.24) is 4.57 Å². The van der Waals surface area contributed by atoms with Crippen molar-refractivity contribution in [3.63, 3.8) is 0 Å². The monoisotopic (exact) mass is 331 g/mol. The third-order valence-corrected chi connectivity index (χ3v) is 4.03. The second-order valence-electron chi connectivity index (χ2n) is 4.11. The third kappa shape index (κ3) is 4.05. The molecule has 112 valence electrons. The Morgan fingerprint density at radius 3 is 2.62 bits per heavy atom. The van der Waals surface area contributed by atoms with Gasteiger partial charge in [-0.3, -0.25) is 4.79 Å². The zero-order valence-corrected chi connectivity index (χ0v) is 12.3. The van der Waals surface area contributed by atoms with Crippen molar-refractivity contribution in [3.05, 3.63) is 58.8 Å². The molecule has 1 heterocycles. The van der Waals surface area contributed by atoms with Crippen LogP contribution < -0.4 is 10.3 Å². The molecule has 0 unspecified atom stereocenters. The molecule has 0 fully saturated rings. The van der Waals surface area contributed by atoms with Crippen LogP contribution in [0, 0.1) is 5.82 Å². The lowest BCUT2D eigenvalue weighted by atomic mass is 10.3. The molecule has 0 bridgehead atoms. The van der Waals surface area contributed by atoms with Gasteiger partial charge in [-0.2, -0.15) is 0 Å². The maximum Gasteiger partial charge on any atom is 0.261 e. The number of hydrogen-bond donors (Lipinski definition) is 0. The Hall–Kier alpha value is -1.86. The zero-order valence-electron chi connectivity index (χ0n) is 10.7. The van der Waals surface area contributed by atoms with E-state index in [0.717, 1.165) is 12.1 Å². The lowest BCUT2D eigenvalue weighted by Gasteiger charge is -2.09. The molecule has 5 nitrogen and oxygen atoms in total. The van der Waals surface area contributed by atoms with Crippen LogP contribution in [-0.4, -0.2) is 19.6 Å². The fraction of sp³-hybridized carbons (Fsp3) is 0.154. The molecule has 1 aromatic carbocycles. The van der Waals surface area contributed by atoms with Gasteiger partial charge in [0, 0.05) is 22.9 Å². The van der Waals surface area contributed by atoms with Gasteiger partial charge >= 0.3 is 0 Å². The van der Waals surface area contributed by atoms with E-state index in [9.17, 15) is 17.6 Å². The predicted molar refractivity (Wildman–Crippen MR) is 75.6 cm³/mol. The summed E-state index contributed by atoms with van der Waals surface area (Å²) < 4.78 is 42.4. The van der Waals surface area contributed by atoms with Gasteiger partial charge < -0.3 is 9.30 Å². The van der Waals surface area contributed by atoms with Crippen LogP contribution in [0.1, 0.15) is 0 Å².